The van der Waals surface area contributed by atoms with Crippen LogP contribution in [0.3, 0.4) is 0 Å². The van der Waals surface area contributed by atoms with Crippen molar-refractivity contribution in [2.75, 3.05) is 35.0 Å². The van der Waals surface area contributed by atoms with E-state index in [9.17, 15) is 19.0 Å². The van der Waals surface area contributed by atoms with E-state index in [0.717, 1.165) is 36.9 Å². The molecule has 3 rings (SSSR count). The summed E-state index contributed by atoms with van der Waals surface area (Å²) in [5.74, 6) is 0.0189. The molecule has 1 aliphatic rings. The van der Waals surface area contributed by atoms with Gasteiger partial charge in [0.15, 0.2) is 0 Å². The van der Waals surface area contributed by atoms with Crippen LogP contribution in [0, 0.1) is 0 Å². The molecule has 206 valence electrons. The van der Waals surface area contributed by atoms with Crippen LogP contribution in [-0.4, -0.2) is 63.7 Å². The molecule has 1 amide bonds. The molecule has 0 spiro atoms. The fraction of sp³-hybridized carbons (Fsp3) is 0.536. The summed E-state index contributed by atoms with van der Waals surface area (Å²) < 4.78 is 23.0. The molecular weight excluding hydrogens is 488 g/mol. The van der Waals surface area contributed by atoms with E-state index in [-0.39, 0.29) is 11.9 Å². The van der Waals surface area contributed by atoms with Gasteiger partial charge in [0.25, 0.3) is 5.91 Å². The summed E-state index contributed by atoms with van der Waals surface area (Å²) in [4.78, 5) is 13.5. The van der Waals surface area contributed by atoms with E-state index < -0.39 is 22.9 Å². The second-order valence-corrected chi connectivity index (χ2v) is 12.0. The predicted molar refractivity (Wildman–Crippen MR) is 155 cm³/mol. The third kappa shape index (κ3) is 8.61. The van der Waals surface area contributed by atoms with Crippen LogP contribution in [-0.2, 0) is 6.42 Å². The maximum absolute atomic E-state index is 13.5. The number of nitrogens with one attached hydrogen (secondary N) is 3. The molecule has 8 nitrogen and oxygen atoms in total. The van der Waals surface area contributed by atoms with E-state index in [1.54, 1.807) is 16.4 Å². The normalized spacial score (nSPS) is 18.5. The van der Waals surface area contributed by atoms with Crippen LogP contribution in [0.4, 0.5) is 11.4 Å². The van der Waals surface area contributed by atoms with Gasteiger partial charge in [-0.3, -0.25) is 18.2 Å². The Labute approximate surface area is 223 Å². The van der Waals surface area contributed by atoms with Gasteiger partial charge in [0.05, 0.1) is 23.6 Å². The maximum atomic E-state index is 13.5. The van der Waals surface area contributed by atoms with Gasteiger partial charge in [0, 0.05) is 36.9 Å². The lowest BCUT2D eigenvalue weighted by Gasteiger charge is -2.47. The highest BCUT2D eigenvalue weighted by Gasteiger charge is 2.28. The Morgan fingerprint density at radius 3 is 2.54 bits per heavy atom. The molecule has 2 aromatic carbocycles. The Bertz CT molecular complexity index is 991. The molecular formula is C28H44N4O4S. The van der Waals surface area contributed by atoms with Crippen molar-refractivity contribution in [1.82, 2.24) is 10.6 Å². The van der Waals surface area contributed by atoms with Crippen molar-refractivity contribution in [3.63, 3.8) is 0 Å². The van der Waals surface area contributed by atoms with Gasteiger partial charge in [0.1, 0.15) is 0 Å². The van der Waals surface area contributed by atoms with E-state index in [4.69, 9.17) is 0 Å². The number of anilines is 2. The van der Waals surface area contributed by atoms with E-state index in [1.807, 2.05) is 43.3 Å². The van der Waals surface area contributed by atoms with E-state index in [2.05, 4.69) is 29.8 Å². The molecule has 1 saturated heterocycles. The molecule has 9 heteroatoms. The average molecular weight is 533 g/mol. The van der Waals surface area contributed by atoms with Gasteiger partial charge in [0.2, 0.25) is 0 Å². The monoisotopic (exact) mass is 532 g/mol. The van der Waals surface area contributed by atoms with Gasteiger partial charge in [-0.1, -0.05) is 43.7 Å². The predicted octanol–water partition coefficient (Wildman–Crippen LogP) is 4.86. The number of carbonyl (C=O) groups excluding carboxylic acids is 1. The highest BCUT2D eigenvalue weighted by atomic mass is 32.3. The Morgan fingerprint density at radius 1 is 1.11 bits per heavy atom. The average Bonchev–Trinajstić information content (AvgIpc) is 2.87. The molecule has 0 radical (unpaired) electrons. The number of aliphatic hydroxyl groups is 1. The van der Waals surface area contributed by atoms with Crippen LogP contribution in [0.5, 0.6) is 0 Å². The van der Waals surface area contributed by atoms with Crippen LogP contribution >= 0.6 is 10.8 Å². The standard InChI is InChI=1S/C28H44N4O4S/c1-4-11-21(3)30-20-27(33)26(16-22-12-7-6-8-13-22)31-28(34)23-17-24(29-5-2)19-25(18-23)32-14-9-10-15-37(32,35)36/h6-8,12-13,17-19,21,26-27,29-30,33,35-36H,4-5,9-11,14-16,20H2,1-3H3,(H,31,34)/t21?,26-,27+/m0/s1. The van der Waals surface area contributed by atoms with Crippen molar-refractivity contribution >= 4 is 28.1 Å². The van der Waals surface area contributed by atoms with Crippen molar-refractivity contribution < 1.29 is 19.0 Å². The molecule has 0 aliphatic carbocycles. The van der Waals surface area contributed by atoms with Crippen LogP contribution in [0.1, 0.15) is 62.4 Å². The SMILES string of the molecule is CCCC(C)NC[C@@H](O)[C@H](Cc1ccccc1)NC(=O)c1cc(NCC)cc(N2CCCCS2(O)O)c1. The number of nitrogens with zero attached hydrogens (tertiary/aromatic N) is 1. The lowest BCUT2D eigenvalue weighted by atomic mass is 10.00. The minimum atomic E-state index is -2.92. The number of rotatable bonds is 13. The summed E-state index contributed by atoms with van der Waals surface area (Å²) >= 11 is 0. The molecule has 1 unspecified atom stereocenters. The highest BCUT2D eigenvalue weighted by molar-refractivity contribution is 8.25. The van der Waals surface area contributed by atoms with Crippen LogP contribution in [0.2, 0.25) is 0 Å². The van der Waals surface area contributed by atoms with Gasteiger partial charge in [-0.15, -0.1) is 10.8 Å². The zero-order valence-electron chi connectivity index (χ0n) is 22.3. The molecule has 1 aliphatic heterocycles. The van der Waals surface area contributed by atoms with Gasteiger partial charge in [-0.05, 0) is 63.3 Å². The summed E-state index contributed by atoms with van der Waals surface area (Å²) in [6.07, 6.45) is 3.40. The molecule has 1 fully saturated rings. The quantitative estimate of drug-likeness (QED) is 0.218. The van der Waals surface area contributed by atoms with E-state index >= 15 is 0 Å². The molecule has 0 saturated carbocycles. The number of amides is 1. The molecule has 0 aromatic heterocycles. The number of hydrogen-bond donors (Lipinski definition) is 6. The first-order chi connectivity index (χ1) is 17.7. The van der Waals surface area contributed by atoms with E-state index in [0.29, 0.717) is 43.1 Å². The summed E-state index contributed by atoms with van der Waals surface area (Å²) in [5.41, 5.74) is 2.78. The van der Waals surface area contributed by atoms with Crippen molar-refractivity contribution in [3.05, 3.63) is 59.7 Å². The smallest absolute Gasteiger partial charge is 0.251 e. The Balaban J connectivity index is 1.84. The third-order valence-electron chi connectivity index (χ3n) is 6.71. The maximum Gasteiger partial charge on any atom is 0.251 e. The zero-order chi connectivity index (χ0) is 26.8. The minimum Gasteiger partial charge on any atom is -0.390 e. The second-order valence-electron chi connectivity index (χ2n) is 9.88. The summed E-state index contributed by atoms with van der Waals surface area (Å²) in [5, 5.41) is 20.8. The number of aliphatic hydroxyl groups excluding tert-OH is 1. The summed E-state index contributed by atoms with van der Waals surface area (Å²) in [6, 6.07) is 14.9. The van der Waals surface area contributed by atoms with Crippen LogP contribution in [0.25, 0.3) is 0 Å². The molecule has 6 N–H and O–H groups in total. The first kappa shape index (κ1) is 29.3. The number of benzene rings is 2. The number of carbonyl (C=O) groups is 1. The van der Waals surface area contributed by atoms with Crippen molar-refractivity contribution in [3.8, 4) is 0 Å². The zero-order valence-corrected chi connectivity index (χ0v) is 23.1. The Kier molecular flexibility index (Phi) is 11.1. The number of hydrogen-bond acceptors (Lipinski definition) is 7. The minimum absolute atomic E-state index is 0.274. The third-order valence-corrected chi connectivity index (χ3v) is 8.64. The van der Waals surface area contributed by atoms with Crippen molar-refractivity contribution in [2.45, 2.75) is 71.1 Å². The lowest BCUT2D eigenvalue weighted by Crippen LogP contribution is -2.49. The van der Waals surface area contributed by atoms with Crippen molar-refractivity contribution in [1.29, 1.82) is 0 Å². The van der Waals surface area contributed by atoms with Gasteiger partial charge in [-0.25, -0.2) is 0 Å². The molecule has 2 aromatic rings. The largest absolute Gasteiger partial charge is 0.390 e. The second kappa shape index (κ2) is 14.0. The summed E-state index contributed by atoms with van der Waals surface area (Å²) in [6.45, 7) is 7.76. The van der Waals surface area contributed by atoms with Gasteiger partial charge >= 0.3 is 0 Å². The van der Waals surface area contributed by atoms with Gasteiger partial charge < -0.3 is 21.1 Å². The molecule has 1 heterocycles. The molecule has 3 atom stereocenters. The van der Waals surface area contributed by atoms with Crippen LogP contribution < -0.4 is 20.3 Å². The fourth-order valence-corrected chi connectivity index (χ4v) is 6.38. The van der Waals surface area contributed by atoms with E-state index in [1.165, 1.54) is 0 Å². The summed E-state index contributed by atoms with van der Waals surface area (Å²) in [7, 11) is -2.92. The Hall–Kier alpha value is -2.30. The molecule has 0 bridgehead atoms. The fourth-order valence-electron chi connectivity index (χ4n) is 4.70. The first-order valence-electron chi connectivity index (χ1n) is 13.4. The Morgan fingerprint density at radius 2 is 1.86 bits per heavy atom. The lowest BCUT2D eigenvalue weighted by molar-refractivity contribution is 0.0825. The highest BCUT2D eigenvalue weighted by Crippen LogP contribution is 2.50. The molecule has 37 heavy (non-hydrogen) atoms. The van der Waals surface area contributed by atoms with Crippen molar-refractivity contribution in [2.24, 2.45) is 0 Å². The van der Waals surface area contributed by atoms with Crippen LogP contribution in [0.15, 0.2) is 48.5 Å². The topological polar surface area (TPSA) is 117 Å². The first-order valence-corrected chi connectivity index (χ1v) is 15.1. The van der Waals surface area contributed by atoms with Gasteiger partial charge in [-0.2, -0.15) is 0 Å².